The first kappa shape index (κ1) is 22.3. The lowest BCUT2D eigenvalue weighted by Crippen LogP contribution is -2.52. The Morgan fingerprint density at radius 1 is 1.10 bits per heavy atom. The Morgan fingerprint density at radius 3 is 2.48 bits per heavy atom. The van der Waals surface area contributed by atoms with E-state index in [0.29, 0.717) is 23.1 Å². The van der Waals surface area contributed by atoms with E-state index in [0.717, 1.165) is 5.57 Å². The second-order valence-electron chi connectivity index (χ2n) is 8.10. The summed E-state index contributed by atoms with van der Waals surface area (Å²) in [7, 11) is 0. The smallest absolute Gasteiger partial charge is 0.336 e. The molecule has 1 aromatic carbocycles. The zero-order valence-corrected chi connectivity index (χ0v) is 18.3. The van der Waals surface area contributed by atoms with Crippen molar-refractivity contribution in [1.82, 2.24) is 0 Å². The van der Waals surface area contributed by atoms with Crippen LogP contribution < -0.4 is 10.4 Å². The van der Waals surface area contributed by atoms with Gasteiger partial charge in [-0.1, -0.05) is 18.6 Å². The van der Waals surface area contributed by atoms with Crippen LogP contribution in [0.25, 0.3) is 11.0 Å². The Kier molecular flexibility index (Phi) is 6.34. The molecule has 7 heteroatoms. The summed E-state index contributed by atoms with van der Waals surface area (Å²) in [5, 5.41) is 0.626. The van der Waals surface area contributed by atoms with E-state index in [-0.39, 0.29) is 5.58 Å². The predicted octanol–water partition coefficient (Wildman–Crippen LogP) is 4.39. The van der Waals surface area contributed by atoms with Crippen molar-refractivity contribution >= 4 is 22.9 Å². The summed E-state index contributed by atoms with van der Waals surface area (Å²) >= 11 is 0. The van der Waals surface area contributed by atoms with Gasteiger partial charge in [0.05, 0.1) is 5.56 Å². The van der Waals surface area contributed by atoms with Gasteiger partial charge in [-0.2, -0.15) is 0 Å². The average Bonchev–Trinajstić information content (AvgIpc) is 2.67. The molecule has 2 heterocycles. The minimum absolute atomic E-state index is 0.223. The summed E-state index contributed by atoms with van der Waals surface area (Å²) in [5.74, 6) is -0.801. The SMILES string of the molecule is CCC=CC(=O)O[C@H]1c2c(ccc3ccc(=O)oc23)OC(C)(C)[C@@H]1OC(=O)C=C(C)C. The van der Waals surface area contributed by atoms with Crippen molar-refractivity contribution in [3.63, 3.8) is 0 Å². The first-order valence-corrected chi connectivity index (χ1v) is 10.1. The number of rotatable bonds is 5. The fourth-order valence-electron chi connectivity index (χ4n) is 3.45. The fourth-order valence-corrected chi connectivity index (χ4v) is 3.45. The van der Waals surface area contributed by atoms with Crippen LogP contribution in [-0.2, 0) is 19.1 Å². The summed E-state index contributed by atoms with van der Waals surface area (Å²) in [6.45, 7) is 8.92. The normalized spacial score (nSPS) is 19.4. The third-order valence-corrected chi connectivity index (χ3v) is 4.79. The van der Waals surface area contributed by atoms with Gasteiger partial charge >= 0.3 is 17.6 Å². The number of hydrogen-bond acceptors (Lipinski definition) is 7. The van der Waals surface area contributed by atoms with E-state index in [4.69, 9.17) is 18.6 Å². The summed E-state index contributed by atoms with van der Waals surface area (Å²) < 4.78 is 23.0. The van der Waals surface area contributed by atoms with Crippen LogP contribution >= 0.6 is 0 Å². The molecule has 3 rings (SSSR count). The second kappa shape index (κ2) is 8.79. The molecule has 0 saturated carbocycles. The van der Waals surface area contributed by atoms with Crippen LogP contribution in [0.4, 0.5) is 0 Å². The minimum Gasteiger partial charge on any atom is -0.483 e. The van der Waals surface area contributed by atoms with Gasteiger partial charge in [-0.25, -0.2) is 14.4 Å². The van der Waals surface area contributed by atoms with Crippen molar-refractivity contribution in [2.75, 3.05) is 0 Å². The van der Waals surface area contributed by atoms with Gasteiger partial charge in [-0.15, -0.1) is 0 Å². The van der Waals surface area contributed by atoms with E-state index in [2.05, 4.69) is 0 Å². The molecule has 7 nitrogen and oxygen atoms in total. The van der Waals surface area contributed by atoms with Gasteiger partial charge in [0, 0.05) is 23.6 Å². The molecule has 0 saturated heterocycles. The molecule has 0 N–H and O–H groups in total. The third kappa shape index (κ3) is 4.87. The predicted molar refractivity (Wildman–Crippen MR) is 115 cm³/mol. The molecule has 2 aromatic rings. The standard InChI is InChI=1S/C24H26O7/c1-6-7-8-17(25)29-22-20-16(11-9-15-10-12-18(26)28-21(15)20)31-24(4,5)23(22)30-19(27)13-14(2)3/h7-13,22-23H,6H2,1-5H3/t22-,23+/m0/s1. The maximum Gasteiger partial charge on any atom is 0.336 e. The van der Waals surface area contributed by atoms with Crippen molar-refractivity contribution in [3.05, 3.63) is 64.1 Å². The number of benzene rings is 1. The van der Waals surface area contributed by atoms with Gasteiger partial charge in [0.1, 0.15) is 16.9 Å². The van der Waals surface area contributed by atoms with Crippen LogP contribution in [-0.4, -0.2) is 23.6 Å². The Hall–Kier alpha value is -3.35. The van der Waals surface area contributed by atoms with E-state index in [1.165, 1.54) is 18.2 Å². The minimum atomic E-state index is -1.04. The highest BCUT2D eigenvalue weighted by atomic mass is 16.6. The lowest BCUT2D eigenvalue weighted by atomic mass is 9.87. The number of hydrogen-bond donors (Lipinski definition) is 0. The molecule has 164 valence electrons. The van der Waals surface area contributed by atoms with Crippen LogP contribution in [0.15, 0.2) is 57.3 Å². The molecule has 1 aliphatic rings. The van der Waals surface area contributed by atoms with Crippen LogP contribution in [0.3, 0.4) is 0 Å². The monoisotopic (exact) mass is 426 g/mol. The van der Waals surface area contributed by atoms with Crippen molar-refractivity contribution < 1.29 is 28.2 Å². The second-order valence-corrected chi connectivity index (χ2v) is 8.10. The molecule has 31 heavy (non-hydrogen) atoms. The summed E-state index contributed by atoms with van der Waals surface area (Å²) in [6.07, 6.45) is 2.96. The summed E-state index contributed by atoms with van der Waals surface area (Å²) in [5.41, 5.74) is -0.250. The molecule has 0 unspecified atom stereocenters. The first-order valence-electron chi connectivity index (χ1n) is 10.1. The van der Waals surface area contributed by atoms with E-state index in [1.54, 1.807) is 52.0 Å². The van der Waals surface area contributed by atoms with Gasteiger partial charge < -0.3 is 18.6 Å². The quantitative estimate of drug-likeness (QED) is 0.398. The van der Waals surface area contributed by atoms with Gasteiger partial charge in [0.15, 0.2) is 12.2 Å². The van der Waals surface area contributed by atoms with Crippen LogP contribution in [0.2, 0.25) is 0 Å². The number of carbonyl (C=O) groups is 2. The number of carbonyl (C=O) groups excluding carboxylic acids is 2. The molecule has 0 bridgehead atoms. The number of ether oxygens (including phenoxy) is 3. The number of esters is 2. The molecule has 0 fully saturated rings. The van der Waals surface area contributed by atoms with Crippen LogP contribution in [0.5, 0.6) is 5.75 Å². The lowest BCUT2D eigenvalue weighted by molar-refractivity contribution is -0.184. The zero-order valence-electron chi connectivity index (χ0n) is 18.3. The first-order chi connectivity index (χ1) is 14.6. The molecule has 0 spiro atoms. The lowest BCUT2D eigenvalue weighted by Gasteiger charge is -2.43. The van der Waals surface area contributed by atoms with Crippen LogP contribution in [0, 0.1) is 0 Å². The molecule has 0 aliphatic carbocycles. The van der Waals surface area contributed by atoms with Gasteiger partial charge in [0.2, 0.25) is 0 Å². The molecule has 1 aromatic heterocycles. The molecular formula is C24H26O7. The number of allylic oxidation sites excluding steroid dienone is 2. The Labute approximate surface area is 180 Å². The maximum absolute atomic E-state index is 12.5. The highest BCUT2D eigenvalue weighted by molar-refractivity contribution is 5.86. The Morgan fingerprint density at radius 2 is 1.81 bits per heavy atom. The maximum atomic E-state index is 12.5. The largest absolute Gasteiger partial charge is 0.483 e. The highest BCUT2D eigenvalue weighted by Gasteiger charge is 2.49. The van der Waals surface area contributed by atoms with E-state index < -0.39 is 35.4 Å². The van der Waals surface area contributed by atoms with Crippen LogP contribution in [0.1, 0.15) is 52.7 Å². The van der Waals surface area contributed by atoms with E-state index in [1.807, 2.05) is 6.92 Å². The van der Waals surface area contributed by atoms with E-state index >= 15 is 0 Å². The molecule has 1 aliphatic heterocycles. The average molecular weight is 426 g/mol. The van der Waals surface area contributed by atoms with Gasteiger partial charge in [-0.05, 0) is 52.3 Å². The van der Waals surface area contributed by atoms with Crippen molar-refractivity contribution in [1.29, 1.82) is 0 Å². The Balaban J connectivity index is 2.18. The molecule has 0 radical (unpaired) electrons. The summed E-state index contributed by atoms with van der Waals surface area (Å²) in [6, 6.07) is 6.38. The van der Waals surface area contributed by atoms with Crippen molar-refractivity contribution in [3.8, 4) is 5.75 Å². The topological polar surface area (TPSA) is 92.0 Å². The van der Waals surface area contributed by atoms with Crippen molar-refractivity contribution in [2.24, 2.45) is 0 Å². The zero-order chi connectivity index (χ0) is 22.8. The number of fused-ring (bicyclic) bond motifs is 3. The van der Waals surface area contributed by atoms with Gasteiger partial charge in [-0.3, -0.25) is 0 Å². The fraction of sp³-hybridized carbons (Fsp3) is 0.375. The van der Waals surface area contributed by atoms with Crippen molar-refractivity contribution in [2.45, 2.75) is 58.8 Å². The molecular weight excluding hydrogens is 400 g/mol. The summed E-state index contributed by atoms with van der Waals surface area (Å²) in [4.78, 5) is 36.9. The highest BCUT2D eigenvalue weighted by Crippen LogP contribution is 2.46. The Bertz CT molecular complexity index is 1120. The third-order valence-electron chi connectivity index (χ3n) is 4.79. The van der Waals surface area contributed by atoms with E-state index in [9.17, 15) is 14.4 Å². The molecule has 0 amide bonds. The molecule has 2 atom stereocenters. The van der Waals surface area contributed by atoms with Gasteiger partial charge in [0.25, 0.3) is 0 Å².